The number of nitrogens with zero attached hydrogens (tertiary/aromatic N) is 2. The number of hydrogen-bond donors (Lipinski definition) is 2. The lowest BCUT2D eigenvalue weighted by atomic mass is 10.0. The lowest BCUT2D eigenvalue weighted by Gasteiger charge is -2.37. The highest BCUT2D eigenvalue weighted by molar-refractivity contribution is 5.85. The summed E-state index contributed by atoms with van der Waals surface area (Å²) in [4.78, 5) is 27.2. The van der Waals surface area contributed by atoms with Crippen LogP contribution in [0, 0.1) is 6.92 Å². The van der Waals surface area contributed by atoms with Gasteiger partial charge in [-0.3, -0.25) is 19.4 Å². The van der Waals surface area contributed by atoms with Crippen molar-refractivity contribution < 1.29 is 14.7 Å². The molecule has 0 aliphatic carbocycles. The summed E-state index contributed by atoms with van der Waals surface area (Å²) in [5, 5.41) is 11.9. The van der Waals surface area contributed by atoms with E-state index >= 15 is 0 Å². The monoisotopic (exact) mass is 383 g/mol. The Hall–Kier alpha value is -1.63. The van der Waals surface area contributed by atoms with Gasteiger partial charge in [-0.1, -0.05) is 36.8 Å². The summed E-state index contributed by atoms with van der Waals surface area (Å²) in [6.45, 7) is 7.50. The van der Waals surface area contributed by atoms with Gasteiger partial charge in [0.1, 0.15) is 0 Å². The molecule has 0 radical (unpaired) electrons. The standard InChI is InChI=1S/C19H29N3O3.ClH/c1-3-22(14-19(24)25)17-8-10-21(11-9-17)13-18(23)20-12-16-6-4-15(2)5-7-16;/h4-7,17H,3,8-14H2,1-2H3,(H,20,23)(H,24,25);1H. The van der Waals surface area contributed by atoms with E-state index in [9.17, 15) is 9.59 Å². The van der Waals surface area contributed by atoms with Crippen molar-refractivity contribution in [1.29, 1.82) is 0 Å². The van der Waals surface area contributed by atoms with Crippen molar-refractivity contribution in [2.24, 2.45) is 0 Å². The summed E-state index contributed by atoms with van der Waals surface area (Å²) in [7, 11) is 0. The molecule has 146 valence electrons. The molecule has 6 nitrogen and oxygen atoms in total. The first-order valence-corrected chi connectivity index (χ1v) is 8.98. The van der Waals surface area contributed by atoms with E-state index in [1.54, 1.807) is 0 Å². The summed E-state index contributed by atoms with van der Waals surface area (Å²) in [5.74, 6) is -0.739. The van der Waals surface area contributed by atoms with Gasteiger partial charge in [0.15, 0.2) is 0 Å². The molecule has 0 saturated carbocycles. The first-order chi connectivity index (χ1) is 12.0. The third-order valence-corrected chi connectivity index (χ3v) is 4.80. The molecule has 1 heterocycles. The van der Waals surface area contributed by atoms with Crippen LogP contribution in [0.2, 0.25) is 0 Å². The molecule has 26 heavy (non-hydrogen) atoms. The first-order valence-electron chi connectivity index (χ1n) is 8.98. The van der Waals surface area contributed by atoms with Crippen molar-refractivity contribution in [3.05, 3.63) is 35.4 Å². The number of rotatable bonds is 8. The molecule has 0 atom stereocenters. The van der Waals surface area contributed by atoms with Gasteiger partial charge in [0, 0.05) is 25.7 Å². The second-order valence-electron chi connectivity index (χ2n) is 6.73. The number of likely N-dealkylation sites (N-methyl/N-ethyl adjacent to an activating group) is 1. The highest BCUT2D eigenvalue weighted by atomic mass is 35.5. The van der Waals surface area contributed by atoms with E-state index in [1.807, 2.05) is 43.0 Å². The molecule has 0 aromatic heterocycles. The topological polar surface area (TPSA) is 72.9 Å². The summed E-state index contributed by atoms with van der Waals surface area (Å²) in [6.07, 6.45) is 1.82. The molecule has 2 N–H and O–H groups in total. The highest BCUT2D eigenvalue weighted by Gasteiger charge is 2.25. The van der Waals surface area contributed by atoms with E-state index in [0.29, 0.717) is 19.1 Å². The number of benzene rings is 1. The number of piperidine rings is 1. The molecule has 1 aromatic carbocycles. The second-order valence-corrected chi connectivity index (χ2v) is 6.73. The Morgan fingerprint density at radius 1 is 1.23 bits per heavy atom. The molecule has 1 aliphatic heterocycles. The number of amides is 1. The van der Waals surface area contributed by atoms with Crippen molar-refractivity contribution in [2.75, 3.05) is 32.7 Å². The third kappa shape index (κ3) is 7.32. The smallest absolute Gasteiger partial charge is 0.317 e. The summed E-state index contributed by atoms with van der Waals surface area (Å²) >= 11 is 0. The van der Waals surface area contributed by atoms with Crippen LogP contribution in [0.5, 0.6) is 0 Å². The van der Waals surface area contributed by atoms with Gasteiger partial charge < -0.3 is 10.4 Å². The minimum Gasteiger partial charge on any atom is -0.480 e. The van der Waals surface area contributed by atoms with Crippen LogP contribution in [0.25, 0.3) is 0 Å². The average Bonchev–Trinajstić information content (AvgIpc) is 2.60. The van der Waals surface area contributed by atoms with Gasteiger partial charge in [0.2, 0.25) is 5.91 Å². The molecular formula is C19H30ClN3O3. The van der Waals surface area contributed by atoms with Gasteiger partial charge in [-0.15, -0.1) is 12.4 Å². The quantitative estimate of drug-likeness (QED) is 0.717. The number of carbonyl (C=O) groups is 2. The lowest BCUT2D eigenvalue weighted by molar-refractivity contribution is -0.139. The van der Waals surface area contributed by atoms with Crippen LogP contribution in [0.15, 0.2) is 24.3 Å². The fourth-order valence-corrected chi connectivity index (χ4v) is 3.28. The van der Waals surface area contributed by atoms with E-state index in [2.05, 4.69) is 10.2 Å². The zero-order chi connectivity index (χ0) is 18.2. The zero-order valence-electron chi connectivity index (χ0n) is 15.6. The van der Waals surface area contributed by atoms with Crippen molar-refractivity contribution in [3.63, 3.8) is 0 Å². The van der Waals surface area contributed by atoms with E-state index in [4.69, 9.17) is 5.11 Å². The molecule has 1 saturated heterocycles. The number of carbonyl (C=O) groups excluding carboxylic acids is 1. The Morgan fingerprint density at radius 3 is 2.38 bits per heavy atom. The maximum absolute atomic E-state index is 12.1. The Balaban J connectivity index is 0.00000338. The van der Waals surface area contributed by atoms with Crippen LogP contribution in [0.3, 0.4) is 0 Å². The number of carboxylic acid groups (broad SMARTS) is 1. The Labute approximate surface area is 162 Å². The Kier molecular flexibility index (Phi) is 9.62. The molecule has 0 spiro atoms. The van der Waals surface area contributed by atoms with Gasteiger partial charge in [0.05, 0.1) is 13.1 Å². The normalized spacial score (nSPS) is 15.5. The molecule has 1 aromatic rings. The van der Waals surface area contributed by atoms with Crippen LogP contribution in [-0.2, 0) is 16.1 Å². The number of aliphatic carboxylic acids is 1. The summed E-state index contributed by atoms with van der Waals surface area (Å²) < 4.78 is 0. The fourth-order valence-electron chi connectivity index (χ4n) is 3.28. The Morgan fingerprint density at radius 2 is 1.85 bits per heavy atom. The molecule has 2 rings (SSSR count). The third-order valence-electron chi connectivity index (χ3n) is 4.80. The maximum Gasteiger partial charge on any atom is 0.317 e. The zero-order valence-corrected chi connectivity index (χ0v) is 16.4. The van der Waals surface area contributed by atoms with Crippen molar-refractivity contribution >= 4 is 24.3 Å². The number of aryl methyl sites for hydroxylation is 1. The number of nitrogens with one attached hydrogen (secondary N) is 1. The van der Waals surface area contributed by atoms with Crippen LogP contribution in [0.1, 0.15) is 30.9 Å². The molecule has 0 unspecified atom stereocenters. The Bertz CT molecular complexity index is 572. The van der Waals surface area contributed by atoms with Crippen molar-refractivity contribution in [3.8, 4) is 0 Å². The molecule has 0 bridgehead atoms. The predicted molar refractivity (Wildman–Crippen MR) is 105 cm³/mol. The molecule has 1 aliphatic rings. The predicted octanol–water partition coefficient (Wildman–Crippen LogP) is 1.90. The minimum absolute atomic E-state index is 0. The van der Waals surface area contributed by atoms with Crippen molar-refractivity contribution in [2.45, 2.75) is 39.3 Å². The minimum atomic E-state index is -0.778. The number of carboxylic acids is 1. The molecule has 7 heteroatoms. The van der Waals surface area contributed by atoms with Gasteiger partial charge in [0.25, 0.3) is 0 Å². The van der Waals surface area contributed by atoms with E-state index < -0.39 is 5.97 Å². The van der Waals surface area contributed by atoms with Gasteiger partial charge in [-0.05, 0) is 31.9 Å². The summed E-state index contributed by atoms with van der Waals surface area (Å²) in [5.41, 5.74) is 2.31. The fraction of sp³-hybridized carbons (Fsp3) is 0.579. The van der Waals surface area contributed by atoms with Gasteiger partial charge in [-0.2, -0.15) is 0 Å². The van der Waals surface area contributed by atoms with Crippen molar-refractivity contribution in [1.82, 2.24) is 15.1 Å². The van der Waals surface area contributed by atoms with Gasteiger partial charge >= 0.3 is 5.97 Å². The van der Waals surface area contributed by atoms with Crippen LogP contribution >= 0.6 is 12.4 Å². The van der Waals surface area contributed by atoms with Crippen LogP contribution in [0.4, 0.5) is 0 Å². The SMILES string of the molecule is CCN(CC(=O)O)C1CCN(CC(=O)NCc2ccc(C)cc2)CC1.Cl. The highest BCUT2D eigenvalue weighted by Crippen LogP contribution is 2.16. The first kappa shape index (κ1) is 22.4. The lowest BCUT2D eigenvalue weighted by Crippen LogP contribution is -2.48. The maximum atomic E-state index is 12.1. The molecule has 1 fully saturated rings. The number of likely N-dealkylation sites (tertiary alicyclic amines) is 1. The largest absolute Gasteiger partial charge is 0.480 e. The number of halogens is 1. The van der Waals surface area contributed by atoms with E-state index in [1.165, 1.54) is 5.56 Å². The number of hydrogen-bond acceptors (Lipinski definition) is 4. The summed E-state index contributed by atoms with van der Waals surface area (Å²) in [6, 6.07) is 8.45. The van der Waals surface area contributed by atoms with Crippen LogP contribution < -0.4 is 5.32 Å². The van der Waals surface area contributed by atoms with E-state index in [0.717, 1.165) is 38.0 Å². The average molecular weight is 384 g/mol. The molecular weight excluding hydrogens is 354 g/mol. The molecule has 1 amide bonds. The second kappa shape index (κ2) is 11.2. The van der Waals surface area contributed by atoms with E-state index in [-0.39, 0.29) is 24.9 Å². The van der Waals surface area contributed by atoms with Crippen LogP contribution in [-0.4, -0.2) is 65.5 Å². The van der Waals surface area contributed by atoms with Gasteiger partial charge in [-0.25, -0.2) is 0 Å².